The summed E-state index contributed by atoms with van der Waals surface area (Å²) in [6.45, 7) is 6.25. The summed E-state index contributed by atoms with van der Waals surface area (Å²) in [4.78, 5) is 31.5. The Bertz CT molecular complexity index is 950. The number of thioether (sulfide) groups is 1. The zero-order valence-electron chi connectivity index (χ0n) is 16.0. The molecule has 2 aromatic carbocycles. The van der Waals surface area contributed by atoms with E-state index in [-0.39, 0.29) is 11.8 Å². The standard InChI is InChI=1S/C22H22N2O3S/c1-15-8-9-18(16(2)14-15)24-21(25)19(23-10-12-27-13-11-23)20(22(24)26)28-17-6-4-3-5-7-17/h3-9,14H,10-13H2,1-2H3. The van der Waals surface area contributed by atoms with E-state index in [0.29, 0.717) is 42.6 Å². The fourth-order valence-corrected chi connectivity index (χ4v) is 4.56. The minimum absolute atomic E-state index is 0.253. The van der Waals surface area contributed by atoms with Crippen LogP contribution in [-0.4, -0.2) is 43.0 Å². The highest BCUT2D eigenvalue weighted by molar-refractivity contribution is 8.04. The molecule has 2 amide bonds. The third kappa shape index (κ3) is 3.45. The smallest absolute Gasteiger partial charge is 0.283 e. The molecular weight excluding hydrogens is 372 g/mol. The summed E-state index contributed by atoms with van der Waals surface area (Å²) in [6, 6.07) is 15.5. The molecule has 0 radical (unpaired) electrons. The summed E-state index contributed by atoms with van der Waals surface area (Å²) < 4.78 is 5.44. The van der Waals surface area contributed by atoms with Gasteiger partial charge in [0.05, 0.1) is 18.9 Å². The quantitative estimate of drug-likeness (QED) is 0.743. The highest BCUT2D eigenvalue weighted by Gasteiger charge is 2.43. The number of hydrogen-bond acceptors (Lipinski definition) is 5. The lowest BCUT2D eigenvalue weighted by Gasteiger charge is -2.29. The molecule has 6 heteroatoms. The normalized spacial score (nSPS) is 17.6. The first-order valence-electron chi connectivity index (χ1n) is 9.32. The van der Waals surface area contributed by atoms with Crippen molar-refractivity contribution in [3.63, 3.8) is 0 Å². The summed E-state index contributed by atoms with van der Waals surface area (Å²) >= 11 is 1.36. The fraction of sp³-hybridized carbons (Fsp3) is 0.273. The van der Waals surface area contributed by atoms with E-state index in [1.807, 2.05) is 67.3 Å². The summed E-state index contributed by atoms with van der Waals surface area (Å²) in [5, 5.41) is 0. The van der Waals surface area contributed by atoms with Crippen molar-refractivity contribution in [2.24, 2.45) is 0 Å². The second-order valence-corrected chi connectivity index (χ2v) is 8.01. The van der Waals surface area contributed by atoms with Gasteiger partial charge < -0.3 is 9.64 Å². The van der Waals surface area contributed by atoms with Gasteiger partial charge in [-0.2, -0.15) is 0 Å². The Hall–Kier alpha value is -2.57. The van der Waals surface area contributed by atoms with Crippen LogP contribution in [0.3, 0.4) is 0 Å². The molecule has 5 nitrogen and oxygen atoms in total. The number of imide groups is 1. The van der Waals surface area contributed by atoms with Crippen molar-refractivity contribution in [2.45, 2.75) is 18.7 Å². The third-order valence-corrected chi connectivity index (χ3v) is 5.98. The molecule has 28 heavy (non-hydrogen) atoms. The number of nitrogens with zero attached hydrogens (tertiary/aromatic N) is 2. The lowest BCUT2D eigenvalue weighted by molar-refractivity contribution is -0.121. The molecule has 2 aliphatic heterocycles. The number of morpholine rings is 1. The zero-order chi connectivity index (χ0) is 19.7. The van der Waals surface area contributed by atoms with Crippen LogP contribution < -0.4 is 4.90 Å². The number of carbonyl (C=O) groups is 2. The molecule has 144 valence electrons. The fourth-order valence-electron chi connectivity index (χ4n) is 3.54. The zero-order valence-corrected chi connectivity index (χ0v) is 16.8. The molecule has 1 fully saturated rings. The molecule has 2 aromatic rings. The molecule has 0 saturated carbocycles. The van der Waals surface area contributed by atoms with E-state index in [0.717, 1.165) is 16.0 Å². The van der Waals surface area contributed by atoms with Crippen LogP contribution >= 0.6 is 11.8 Å². The maximum absolute atomic E-state index is 13.4. The summed E-state index contributed by atoms with van der Waals surface area (Å²) in [6.07, 6.45) is 0. The Kier molecular flexibility index (Phi) is 5.24. The van der Waals surface area contributed by atoms with Crippen molar-refractivity contribution < 1.29 is 14.3 Å². The van der Waals surface area contributed by atoms with Crippen LogP contribution in [0.15, 0.2) is 64.0 Å². The maximum Gasteiger partial charge on any atom is 0.283 e. The molecule has 0 spiro atoms. The molecule has 4 rings (SSSR count). The van der Waals surface area contributed by atoms with Crippen LogP contribution in [0.1, 0.15) is 11.1 Å². The predicted molar refractivity (Wildman–Crippen MR) is 110 cm³/mol. The van der Waals surface area contributed by atoms with Crippen molar-refractivity contribution in [1.82, 2.24) is 4.90 Å². The van der Waals surface area contributed by atoms with Crippen LogP contribution in [0, 0.1) is 13.8 Å². The number of benzene rings is 2. The second kappa shape index (κ2) is 7.81. The van der Waals surface area contributed by atoms with E-state index in [2.05, 4.69) is 0 Å². The topological polar surface area (TPSA) is 49.9 Å². The number of anilines is 1. The maximum atomic E-state index is 13.4. The first kappa shape index (κ1) is 18.8. The largest absolute Gasteiger partial charge is 0.378 e. The first-order valence-corrected chi connectivity index (χ1v) is 10.1. The van der Waals surface area contributed by atoms with Crippen molar-refractivity contribution in [2.75, 3.05) is 31.2 Å². The molecule has 0 unspecified atom stereocenters. The first-order chi connectivity index (χ1) is 13.6. The van der Waals surface area contributed by atoms with Crippen LogP contribution in [0.25, 0.3) is 0 Å². The van der Waals surface area contributed by atoms with Crippen LogP contribution in [-0.2, 0) is 14.3 Å². The van der Waals surface area contributed by atoms with Gasteiger partial charge in [-0.25, -0.2) is 4.90 Å². The summed E-state index contributed by atoms with van der Waals surface area (Å²) in [7, 11) is 0. The van der Waals surface area contributed by atoms with Crippen molar-refractivity contribution in [1.29, 1.82) is 0 Å². The minimum Gasteiger partial charge on any atom is -0.378 e. The second-order valence-electron chi connectivity index (χ2n) is 6.93. The number of hydrogen-bond donors (Lipinski definition) is 0. The van der Waals surface area contributed by atoms with E-state index >= 15 is 0 Å². The minimum atomic E-state index is -0.257. The number of rotatable bonds is 4. The van der Waals surface area contributed by atoms with Gasteiger partial charge in [-0.3, -0.25) is 9.59 Å². The van der Waals surface area contributed by atoms with Gasteiger partial charge in [0, 0.05) is 18.0 Å². The average molecular weight is 394 g/mol. The predicted octanol–water partition coefficient (Wildman–Crippen LogP) is 3.51. The van der Waals surface area contributed by atoms with E-state index < -0.39 is 0 Å². The van der Waals surface area contributed by atoms with Crippen LogP contribution in [0.4, 0.5) is 5.69 Å². The number of ether oxygens (including phenoxy) is 1. The van der Waals surface area contributed by atoms with Gasteiger partial charge in [0.15, 0.2) is 0 Å². The Balaban J connectivity index is 1.76. The summed E-state index contributed by atoms with van der Waals surface area (Å²) in [5.41, 5.74) is 3.15. The third-order valence-electron chi connectivity index (χ3n) is 4.90. The molecule has 0 aliphatic carbocycles. The molecule has 0 N–H and O–H groups in total. The van der Waals surface area contributed by atoms with Gasteiger partial charge in [0.25, 0.3) is 11.8 Å². The lowest BCUT2D eigenvalue weighted by atomic mass is 10.1. The monoisotopic (exact) mass is 394 g/mol. The van der Waals surface area contributed by atoms with Crippen LogP contribution in [0.2, 0.25) is 0 Å². The molecule has 0 bridgehead atoms. The molecular formula is C22H22N2O3S. The molecule has 1 saturated heterocycles. The number of carbonyl (C=O) groups excluding carboxylic acids is 2. The average Bonchev–Trinajstić information content (AvgIpc) is 2.94. The number of aryl methyl sites for hydroxylation is 2. The highest BCUT2D eigenvalue weighted by atomic mass is 32.2. The Morgan fingerprint density at radius 2 is 1.64 bits per heavy atom. The Labute approximate surface area is 169 Å². The molecule has 0 atom stereocenters. The van der Waals surface area contributed by atoms with E-state index in [9.17, 15) is 9.59 Å². The molecule has 0 aromatic heterocycles. The van der Waals surface area contributed by atoms with Gasteiger partial charge in [-0.15, -0.1) is 0 Å². The van der Waals surface area contributed by atoms with Gasteiger partial charge in [-0.05, 0) is 37.6 Å². The Morgan fingerprint density at radius 3 is 2.32 bits per heavy atom. The van der Waals surface area contributed by atoms with Gasteiger partial charge in [0.1, 0.15) is 10.6 Å². The van der Waals surface area contributed by atoms with Crippen LogP contribution in [0.5, 0.6) is 0 Å². The summed E-state index contributed by atoms with van der Waals surface area (Å²) in [5.74, 6) is -0.510. The Morgan fingerprint density at radius 1 is 0.929 bits per heavy atom. The van der Waals surface area contributed by atoms with Crippen molar-refractivity contribution >= 4 is 29.3 Å². The molecule has 2 heterocycles. The lowest BCUT2D eigenvalue weighted by Crippen LogP contribution is -2.40. The SMILES string of the molecule is Cc1ccc(N2C(=O)C(Sc3ccccc3)=C(N3CCOCC3)C2=O)c(C)c1. The van der Waals surface area contributed by atoms with Gasteiger partial charge in [0.2, 0.25) is 0 Å². The van der Waals surface area contributed by atoms with E-state index in [1.54, 1.807) is 0 Å². The van der Waals surface area contributed by atoms with Gasteiger partial charge in [-0.1, -0.05) is 47.7 Å². The molecule has 2 aliphatic rings. The number of amides is 2. The van der Waals surface area contributed by atoms with Crippen molar-refractivity contribution in [3.8, 4) is 0 Å². The van der Waals surface area contributed by atoms with E-state index in [1.165, 1.54) is 16.7 Å². The van der Waals surface area contributed by atoms with Gasteiger partial charge >= 0.3 is 0 Å². The van der Waals surface area contributed by atoms with E-state index in [4.69, 9.17) is 4.74 Å². The van der Waals surface area contributed by atoms with Crippen molar-refractivity contribution in [3.05, 3.63) is 70.3 Å². The highest BCUT2D eigenvalue weighted by Crippen LogP contribution is 2.39.